The Bertz CT molecular complexity index is 579. The van der Waals surface area contributed by atoms with Gasteiger partial charge in [0.15, 0.2) is 0 Å². The van der Waals surface area contributed by atoms with E-state index in [4.69, 9.17) is 4.98 Å². The SMILES string of the molecule is CCN(CC)c1ncc(C)c(N[C@H](C)Cc2ccccc2)n1. The second-order valence-electron chi connectivity index (χ2n) is 5.61. The van der Waals surface area contributed by atoms with Crippen LogP contribution in [0.3, 0.4) is 0 Å². The highest BCUT2D eigenvalue weighted by Crippen LogP contribution is 2.17. The summed E-state index contributed by atoms with van der Waals surface area (Å²) in [5.41, 5.74) is 2.41. The van der Waals surface area contributed by atoms with Crippen molar-refractivity contribution in [2.75, 3.05) is 23.3 Å². The van der Waals surface area contributed by atoms with Crippen molar-refractivity contribution in [2.45, 2.75) is 40.2 Å². The van der Waals surface area contributed by atoms with E-state index in [0.717, 1.165) is 36.8 Å². The lowest BCUT2D eigenvalue weighted by Gasteiger charge is -2.21. The Hall–Kier alpha value is -2.10. The molecule has 0 bridgehead atoms. The Balaban J connectivity index is 2.09. The lowest BCUT2D eigenvalue weighted by atomic mass is 10.1. The fourth-order valence-electron chi connectivity index (χ4n) is 2.49. The van der Waals surface area contributed by atoms with Gasteiger partial charge >= 0.3 is 0 Å². The fourth-order valence-corrected chi connectivity index (χ4v) is 2.49. The molecule has 1 aromatic carbocycles. The van der Waals surface area contributed by atoms with E-state index in [2.05, 4.69) is 60.2 Å². The number of aryl methyl sites for hydroxylation is 1. The Kier molecular flexibility index (Phi) is 5.75. The molecule has 4 heteroatoms. The molecule has 1 heterocycles. The molecule has 2 aromatic rings. The number of hydrogen-bond acceptors (Lipinski definition) is 4. The minimum absolute atomic E-state index is 0.320. The van der Waals surface area contributed by atoms with Crippen LogP contribution in [0.15, 0.2) is 36.5 Å². The second-order valence-corrected chi connectivity index (χ2v) is 5.61. The molecular formula is C18H26N4. The van der Waals surface area contributed by atoms with E-state index in [0.29, 0.717) is 6.04 Å². The molecule has 0 saturated carbocycles. The van der Waals surface area contributed by atoms with E-state index in [1.165, 1.54) is 5.56 Å². The Morgan fingerprint density at radius 1 is 1.14 bits per heavy atom. The predicted octanol–water partition coefficient (Wildman–Crippen LogP) is 3.67. The average Bonchev–Trinajstić information content (AvgIpc) is 2.52. The number of nitrogens with one attached hydrogen (secondary N) is 1. The summed E-state index contributed by atoms with van der Waals surface area (Å²) in [4.78, 5) is 11.3. The van der Waals surface area contributed by atoms with E-state index >= 15 is 0 Å². The molecule has 2 rings (SSSR count). The Labute approximate surface area is 133 Å². The molecule has 4 nitrogen and oxygen atoms in total. The molecule has 1 atom stereocenters. The third-order valence-electron chi connectivity index (χ3n) is 3.77. The number of nitrogens with zero attached hydrogens (tertiary/aromatic N) is 3. The largest absolute Gasteiger partial charge is 0.367 e. The van der Waals surface area contributed by atoms with Crippen molar-refractivity contribution in [2.24, 2.45) is 0 Å². The molecule has 22 heavy (non-hydrogen) atoms. The summed E-state index contributed by atoms with van der Waals surface area (Å²) < 4.78 is 0. The molecule has 0 amide bonds. The van der Waals surface area contributed by atoms with Crippen LogP contribution in [-0.2, 0) is 6.42 Å². The monoisotopic (exact) mass is 298 g/mol. The Morgan fingerprint density at radius 3 is 2.45 bits per heavy atom. The van der Waals surface area contributed by atoms with E-state index in [-0.39, 0.29) is 0 Å². The number of hydrogen-bond donors (Lipinski definition) is 1. The van der Waals surface area contributed by atoms with Crippen LogP contribution in [0.5, 0.6) is 0 Å². The minimum Gasteiger partial charge on any atom is -0.367 e. The van der Waals surface area contributed by atoms with E-state index in [1.54, 1.807) is 0 Å². The van der Waals surface area contributed by atoms with Gasteiger partial charge in [-0.15, -0.1) is 0 Å². The molecule has 0 saturated heterocycles. The lowest BCUT2D eigenvalue weighted by molar-refractivity contribution is 0.774. The number of anilines is 2. The smallest absolute Gasteiger partial charge is 0.227 e. The van der Waals surface area contributed by atoms with Gasteiger partial charge in [0.05, 0.1) is 0 Å². The normalized spacial score (nSPS) is 12.0. The first-order chi connectivity index (χ1) is 10.6. The van der Waals surface area contributed by atoms with Gasteiger partial charge in [-0.25, -0.2) is 4.98 Å². The van der Waals surface area contributed by atoms with Crippen LogP contribution in [0.4, 0.5) is 11.8 Å². The first-order valence-electron chi connectivity index (χ1n) is 8.03. The van der Waals surface area contributed by atoms with E-state index in [9.17, 15) is 0 Å². The van der Waals surface area contributed by atoms with Crippen LogP contribution in [-0.4, -0.2) is 29.1 Å². The molecule has 0 aliphatic heterocycles. The highest BCUT2D eigenvalue weighted by atomic mass is 15.3. The maximum atomic E-state index is 4.70. The zero-order chi connectivity index (χ0) is 15.9. The zero-order valence-corrected chi connectivity index (χ0v) is 14.0. The van der Waals surface area contributed by atoms with Crippen molar-refractivity contribution in [3.63, 3.8) is 0 Å². The molecule has 0 aliphatic rings. The Morgan fingerprint density at radius 2 is 1.82 bits per heavy atom. The van der Waals surface area contributed by atoms with Gasteiger partial charge in [-0.2, -0.15) is 4.98 Å². The van der Waals surface area contributed by atoms with E-state index in [1.807, 2.05) is 19.2 Å². The lowest BCUT2D eigenvalue weighted by Crippen LogP contribution is -2.26. The topological polar surface area (TPSA) is 41.1 Å². The third-order valence-corrected chi connectivity index (χ3v) is 3.77. The summed E-state index contributed by atoms with van der Waals surface area (Å²) in [5.74, 6) is 1.73. The molecule has 0 fully saturated rings. The van der Waals surface area contributed by atoms with Gasteiger partial charge in [0.1, 0.15) is 5.82 Å². The zero-order valence-electron chi connectivity index (χ0n) is 14.0. The van der Waals surface area contributed by atoms with Crippen molar-refractivity contribution in [3.8, 4) is 0 Å². The molecule has 0 unspecified atom stereocenters. The van der Waals surface area contributed by atoms with Gasteiger partial charge in [0.2, 0.25) is 5.95 Å². The average molecular weight is 298 g/mol. The summed E-state index contributed by atoms with van der Waals surface area (Å²) in [7, 11) is 0. The second kappa shape index (κ2) is 7.78. The van der Waals surface area contributed by atoms with Crippen LogP contribution < -0.4 is 10.2 Å². The molecule has 0 radical (unpaired) electrons. The predicted molar refractivity (Wildman–Crippen MR) is 93.6 cm³/mol. The van der Waals surface area contributed by atoms with Crippen molar-refractivity contribution in [1.82, 2.24) is 9.97 Å². The van der Waals surface area contributed by atoms with Crippen LogP contribution in [0, 0.1) is 6.92 Å². The minimum atomic E-state index is 0.320. The fraction of sp³-hybridized carbons (Fsp3) is 0.444. The highest BCUT2D eigenvalue weighted by molar-refractivity contribution is 5.48. The first-order valence-corrected chi connectivity index (χ1v) is 8.03. The summed E-state index contributed by atoms with van der Waals surface area (Å²) in [6, 6.07) is 10.8. The summed E-state index contributed by atoms with van der Waals surface area (Å²) in [6.45, 7) is 10.3. The highest BCUT2D eigenvalue weighted by Gasteiger charge is 2.11. The summed E-state index contributed by atoms with van der Waals surface area (Å²) >= 11 is 0. The van der Waals surface area contributed by atoms with Gasteiger partial charge in [-0.05, 0) is 39.7 Å². The molecule has 1 N–H and O–H groups in total. The summed E-state index contributed by atoms with van der Waals surface area (Å²) in [6.07, 6.45) is 2.88. The van der Waals surface area contributed by atoms with E-state index < -0.39 is 0 Å². The van der Waals surface area contributed by atoms with Crippen LogP contribution in [0.2, 0.25) is 0 Å². The molecular weight excluding hydrogens is 272 g/mol. The van der Waals surface area contributed by atoms with Gasteiger partial charge in [-0.3, -0.25) is 0 Å². The van der Waals surface area contributed by atoms with Gasteiger partial charge in [0, 0.05) is 30.9 Å². The maximum absolute atomic E-state index is 4.70. The van der Waals surface area contributed by atoms with Crippen LogP contribution in [0.1, 0.15) is 31.9 Å². The third kappa shape index (κ3) is 4.20. The molecule has 118 valence electrons. The van der Waals surface area contributed by atoms with Crippen molar-refractivity contribution >= 4 is 11.8 Å². The van der Waals surface area contributed by atoms with Gasteiger partial charge in [0.25, 0.3) is 0 Å². The maximum Gasteiger partial charge on any atom is 0.227 e. The number of benzene rings is 1. The van der Waals surface area contributed by atoms with Crippen molar-refractivity contribution in [3.05, 3.63) is 47.7 Å². The number of rotatable bonds is 7. The van der Waals surface area contributed by atoms with Crippen molar-refractivity contribution in [1.29, 1.82) is 0 Å². The van der Waals surface area contributed by atoms with Gasteiger partial charge in [-0.1, -0.05) is 30.3 Å². The van der Waals surface area contributed by atoms with Crippen molar-refractivity contribution < 1.29 is 0 Å². The molecule has 0 aliphatic carbocycles. The molecule has 1 aromatic heterocycles. The molecule has 0 spiro atoms. The first kappa shape index (κ1) is 16.3. The van der Waals surface area contributed by atoms with Crippen LogP contribution >= 0.6 is 0 Å². The van der Waals surface area contributed by atoms with Crippen LogP contribution in [0.25, 0.3) is 0 Å². The summed E-state index contributed by atoms with van der Waals surface area (Å²) in [5, 5.41) is 3.52. The quantitative estimate of drug-likeness (QED) is 0.846. The standard InChI is InChI=1S/C18H26N4/c1-5-22(6-2)18-19-13-14(3)17(21-18)20-15(4)12-16-10-8-7-9-11-16/h7-11,13,15H,5-6,12H2,1-4H3,(H,19,20,21)/t15-/m1/s1. The van der Waals surface area contributed by atoms with Gasteiger partial charge < -0.3 is 10.2 Å². The number of aromatic nitrogens is 2.